The number of carbonyl (C=O) groups excluding carboxylic acids is 1. The van der Waals surface area contributed by atoms with Gasteiger partial charge in [0.2, 0.25) is 0 Å². The van der Waals surface area contributed by atoms with Gasteiger partial charge in [0.05, 0.1) is 10.0 Å². The quantitative estimate of drug-likeness (QED) is 0.751. The van der Waals surface area contributed by atoms with E-state index in [9.17, 15) is 4.79 Å². The molecule has 0 spiro atoms. The lowest BCUT2D eigenvalue weighted by Gasteiger charge is -2.16. The van der Waals surface area contributed by atoms with E-state index in [0.717, 1.165) is 11.1 Å². The van der Waals surface area contributed by atoms with Crippen LogP contribution in [0.3, 0.4) is 0 Å². The molecule has 0 radical (unpaired) electrons. The number of carbonyl (C=O) groups is 1. The van der Waals surface area contributed by atoms with E-state index >= 15 is 0 Å². The fourth-order valence-electron chi connectivity index (χ4n) is 2.05. The average Bonchev–Trinajstić information content (AvgIpc) is 2.48. The van der Waals surface area contributed by atoms with E-state index in [1.807, 2.05) is 13.8 Å². The number of hydrogen-bond donors (Lipinski definition) is 1. The highest BCUT2D eigenvalue weighted by Crippen LogP contribution is 2.27. The third-order valence-corrected chi connectivity index (χ3v) is 4.61. The molecular weight excluding hydrogens is 357 g/mol. The van der Waals surface area contributed by atoms with E-state index in [1.165, 1.54) is 0 Å². The molecule has 122 valence electrons. The van der Waals surface area contributed by atoms with E-state index in [4.69, 9.17) is 39.5 Å². The van der Waals surface area contributed by atoms with Crippen molar-refractivity contribution in [2.45, 2.75) is 26.9 Å². The summed E-state index contributed by atoms with van der Waals surface area (Å²) in [5.41, 5.74) is 2.36. The van der Waals surface area contributed by atoms with Crippen LogP contribution in [0.5, 0.6) is 5.75 Å². The minimum Gasteiger partial charge on any atom is -0.481 e. The largest absolute Gasteiger partial charge is 0.481 e. The predicted octanol–water partition coefficient (Wildman–Crippen LogP) is 5.67. The Kier molecular flexibility index (Phi) is 5.79. The van der Waals surface area contributed by atoms with Crippen LogP contribution in [0.2, 0.25) is 15.1 Å². The highest BCUT2D eigenvalue weighted by Gasteiger charge is 2.16. The maximum absolute atomic E-state index is 12.2. The van der Waals surface area contributed by atoms with Gasteiger partial charge in [0.25, 0.3) is 5.91 Å². The molecule has 1 N–H and O–H groups in total. The average molecular weight is 373 g/mol. The van der Waals surface area contributed by atoms with Crippen LogP contribution in [0.1, 0.15) is 18.1 Å². The summed E-state index contributed by atoms with van der Waals surface area (Å²) in [4.78, 5) is 12.2. The zero-order valence-electron chi connectivity index (χ0n) is 12.9. The van der Waals surface area contributed by atoms with Crippen LogP contribution in [0, 0.1) is 13.8 Å². The number of amides is 1. The molecule has 0 saturated heterocycles. The first-order valence-electron chi connectivity index (χ1n) is 6.97. The molecule has 0 aromatic heterocycles. The molecule has 1 amide bonds. The summed E-state index contributed by atoms with van der Waals surface area (Å²) >= 11 is 17.9. The van der Waals surface area contributed by atoms with Crippen molar-refractivity contribution in [1.82, 2.24) is 0 Å². The molecule has 3 nitrogen and oxygen atoms in total. The molecule has 0 saturated carbocycles. The Morgan fingerprint density at radius 3 is 2.22 bits per heavy atom. The van der Waals surface area contributed by atoms with Crippen LogP contribution in [0.25, 0.3) is 0 Å². The number of aryl methyl sites for hydroxylation is 2. The number of nitrogens with one attached hydrogen (secondary N) is 1. The van der Waals surface area contributed by atoms with Crippen molar-refractivity contribution in [3.05, 3.63) is 56.5 Å². The SMILES string of the molecule is Cc1cc(O[C@@H](C)C(=O)Nc2ccc(Cl)c(Cl)c2)cc(C)c1Cl. The van der Waals surface area contributed by atoms with Gasteiger partial charge in [-0.3, -0.25) is 4.79 Å². The van der Waals surface area contributed by atoms with Crippen molar-refractivity contribution >= 4 is 46.4 Å². The van der Waals surface area contributed by atoms with Gasteiger partial charge in [-0.25, -0.2) is 0 Å². The molecule has 0 bridgehead atoms. The van der Waals surface area contributed by atoms with Crippen LogP contribution in [-0.2, 0) is 4.79 Å². The lowest BCUT2D eigenvalue weighted by molar-refractivity contribution is -0.122. The number of benzene rings is 2. The highest BCUT2D eigenvalue weighted by atomic mass is 35.5. The van der Waals surface area contributed by atoms with Crippen molar-refractivity contribution in [3.8, 4) is 5.75 Å². The second-order valence-electron chi connectivity index (χ2n) is 5.25. The van der Waals surface area contributed by atoms with Crippen LogP contribution in [-0.4, -0.2) is 12.0 Å². The fourth-order valence-corrected chi connectivity index (χ4v) is 2.46. The van der Waals surface area contributed by atoms with Crippen LogP contribution in [0.4, 0.5) is 5.69 Å². The maximum atomic E-state index is 12.2. The summed E-state index contributed by atoms with van der Waals surface area (Å²) in [5, 5.41) is 4.25. The first-order chi connectivity index (χ1) is 10.8. The summed E-state index contributed by atoms with van der Waals surface area (Å²) in [6.07, 6.45) is -0.676. The Labute approximate surface area is 150 Å². The lowest BCUT2D eigenvalue weighted by Crippen LogP contribution is -2.30. The molecule has 0 fully saturated rings. The molecule has 0 aliphatic heterocycles. The molecule has 0 heterocycles. The van der Waals surface area contributed by atoms with Crippen molar-refractivity contribution in [2.24, 2.45) is 0 Å². The Morgan fingerprint density at radius 1 is 1.04 bits per heavy atom. The molecular formula is C17H16Cl3NO2. The van der Waals surface area contributed by atoms with Gasteiger partial charge in [0, 0.05) is 10.7 Å². The molecule has 0 aliphatic carbocycles. The van der Waals surface area contributed by atoms with E-state index in [1.54, 1.807) is 37.3 Å². The van der Waals surface area contributed by atoms with Gasteiger partial charge in [-0.15, -0.1) is 0 Å². The Morgan fingerprint density at radius 2 is 1.65 bits per heavy atom. The number of halogens is 3. The first kappa shape index (κ1) is 17.9. The molecule has 2 aromatic rings. The monoisotopic (exact) mass is 371 g/mol. The van der Waals surface area contributed by atoms with Gasteiger partial charge < -0.3 is 10.1 Å². The number of ether oxygens (including phenoxy) is 1. The summed E-state index contributed by atoms with van der Waals surface area (Å²) in [7, 11) is 0. The zero-order valence-corrected chi connectivity index (χ0v) is 15.2. The molecule has 1 atom stereocenters. The van der Waals surface area contributed by atoms with Crippen molar-refractivity contribution in [1.29, 1.82) is 0 Å². The molecule has 6 heteroatoms. The van der Waals surface area contributed by atoms with E-state index in [-0.39, 0.29) is 5.91 Å². The lowest BCUT2D eigenvalue weighted by atomic mass is 10.1. The Bertz CT molecular complexity index is 724. The number of hydrogen-bond acceptors (Lipinski definition) is 2. The standard InChI is InChI=1S/C17H16Cl3NO2/c1-9-6-13(7-10(2)16(9)20)23-11(3)17(22)21-12-4-5-14(18)15(19)8-12/h4-8,11H,1-3H3,(H,21,22)/t11-/m0/s1. The second-order valence-corrected chi connectivity index (χ2v) is 6.44. The van der Waals surface area contributed by atoms with Gasteiger partial charge in [0.15, 0.2) is 6.10 Å². The minimum absolute atomic E-state index is 0.284. The Balaban J connectivity index is 2.06. The van der Waals surface area contributed by atoms with Crippen LogP contribution < -0.4 is 10.1 Å². The summed E-state index contributed by atoms with van der Waals surface area (Å²) in [5.74, 6) is 0.315. The molecule has 23 heavy (non-hydrogen) atoms. The molecule has 0 aliphatic rings. The first-order valence-corrected chi connectivity index (χ1v) is 8.10. The van der Waals surface area contributed by atoms with Crippen LogP contribution in [0.15, 0.2) is 30.3 Å². The van der Waals surface area contributed by atoms with Crippen molar-refractivity contribution < 1.29 is 9.53 Å². The normalized spacial score (nSPS) is 11.9. The van der Waals surface area contributed by atoms with Gasteiger partial charge in [0.1, 0.15) is 5.75 Å². The minimum atomic E-state index is -0.676. The fraction of sp³-hybridized carbons (Fsp3) is 0.235. The zero-order chi connectivity index (χ0) is 17.1. The van der Waals surface area contributed by atoms with E-state index < -0.39 is 6.10 Å². The third kappa shape index (κ3) is 4.54. The topological polar surface area (TPSA) is 38.3 Å². The van der Waals surface area contributed by atoms with E-state index in [0.29, 0.717) is 26.5 Å². The number of rotatable bonds is 4. The predicted molar refractivity (Wildman–Crippen MR) is 96.1 cm³/mol. The van der Waals surface area contributed by atoms with Gasteiger partial charge >= 0.3 is 0 Å². The summed E-state index contributed by atoms with van der Waals surface area (Å²) in [6.45, 7) is 5.46. The van der Waals surface area contributed by atoms with Gasteiger partial charge in [-0.05, 0) is 62.2 Å². The van der Waals surface area contributed by atoms with Crippen molar-refractivity contribution in [2.75, 3.05) is 5.32 Å². The van der Waals surface area contributed by atoms with Gasteiger partial charge in [-0.1, -0.05) is 34.8 Å². The second kappa shape index (κ2) is 7.43. The molecule has 2 aromatic carbocycles. The molecule has 0 unspecified atom stereocenters. The molecule has 2 rings (SSSR count). The van der Waals surface area contributed by atoms with Crippen molar-refractivity contribution in [3.63, 3.8) is 0 Å². The smallest absolute Gasteiger partial charge is 0.265 e. The highest BCUT2D eigenvalue weighted by molar-refractivity contribution is 6.42. The van der Waals surface area contributed by atoms with Gasteiger partial charge in [-0.2, -0.15) is 0 Å². The third-order valence-electron chi connectivity index (χ3n) is 3.28. The Hall–Kier alpha value is -1.42. The van der Waals surface area contributed by atoms with Crippen LogP contribution >= 0.6 is 34.8 Å². The van der Waals surface area contributed by atoms with E-state index in [2.05, 4.69) is 5.32 Å². The maximum Gasteiger partial charge on any atom is 0.265 e. The summed E-state index contributed by atoms with van der Waals surface area (Å²) < 4.78 is 5.69. The summed E-state index contributed by atoms with van der Waals surface area (Å²) in [6, 6.07) is 8.49. The number of anilines is 1.